The fourth-order valence-electron chi connectivity index (χ4n) is 0. The Morgan fingerprint density at radius 3 is 1.50 bits per heavy atom. The van der Waals surface area contributed by atoms with Crippen LogP contribution in [0.15, 0.2) is 0 Å². The molecular formula is C4H14BrMgOSi+2. The highest BCUT2D eigenvalue weighted by molar-refractivity contribution is 8.93. The van der Waals surface area contributed by atoms with Gasteiger partial charge in [0.05, 0.1) is 0 Å². The molecule has 8 heavy (non-hydrogen) atoms. The van der Waals surface area contributed by atoms with Crippen molar-refractivity contribution in [1.82, 2.24) is 0 Å². The van der Waals surface area contributed by atoms with Crippen molar-refractivity contribution in [3.05, 3.63) is 0 Å². The summed E-state index contributed by atoms with van der Waals surface area (Å²) >= 11 is 2.10. The van der Waals surface area contributed by atoms with Gasteiger partial charge in [-0.2, -0.15) is 0 Å². The van der Waals surface area contributed by atoms with Crippen molar-refractivity contribution in [3.63, 3.8) is 0 Å². The predicted molar refractivity (Wildman–Crippen MR) is 47.9 cm³/mol. The molecule has 0 aromatic carbocycles. The maximum Gasteiger partial charge on any atom is 1.41 e. The Morgan fingerprint density at radius 2 is 1.50 bits per heavy atom. The largest absolute Gasteiger partial charge is 1.41 e. The van der Waals surface area contributed by atoms with Crippen molar-refractivity contribution in [1.29, 1.82) is 0 Å². The van der Waals surface area contributed by atoms with Crippen LogP contribution in [0.3, 0.4) is 0 Å². The first-order valence-electron chi connectivity index (χ1n) is 2.51. The number of rotatable bonds is 1. The Hall–Kier alpha value is 1.42. The normalized spacial score (nSPS) is 6.75. The monoisotopic (exact) mass is 209 g/mol. The van der Waals surface area contributed by atoms with E-state index in [9.17, 15) is 0 Å². The summed E-state index contributed by atoms with van der Waals surface area (Å²) in [4.78, 5) is 0. The first kappa shape index (κ1) is 16.2. The number of aliphatic hydroxyl groups is 1. The summed E-state index contributed by atoms with van der Waals surface area (Å²) in [7, 11) is 0.863. The van der Waals surface area contributed by atoms with Crippen LogP contribution in [-0.2, 0) is 0 Å². The highest BCUT2D eigenvalue weighted by atomic mass is 79.9. The Bertz CT molecular complexity index is 30.0. The zero-order chi connectivity index (χ0) is 6.28. The van der Waals surface area contributed by atoms with Gasteiger partial charge in [-0.3, -0.25) is 0 Å². The van der Waals surface area contributed by atoms with Gasteiger partial charge in [0.2, 0.25) is 4.17 Å². The fraction of sp³-hybridized carbons (Fsp3) is 1.00. The number of aliphatic hydroxyl groups excluding tert-OH is 1. The molecule has 0 saturated heterocycles. The molecule has 0 amide bonds. The van der Waals surface area contributed by atoms with Crippen molar-refractivity contribution in [2.75, 3.05) is 7.11 Å². The van der Waals surface area contributed by atoms with Crippen LogP contribution in [0.1, 0.15) is 0 Å². The van der Waals surface area contributed by atoms with Gasteiger partial charge in [0.1, 0.15) is 8.80 Å². The van der Waals surface area contributed by atoms with Crippen molar-refractivity contribution in [2.45, 2.75) is 17.3 Å². The van der Waals surface area contributed by atoms with Gasteiger partial charge in [-0.25, -0.2) is 0 Å². The van der Waals surface area contributed by atoms with Crippen LogP contribution in [0.2, 0.25) is 17.3 Å². The third-order valence-corrected chi connectivity index (χ3v) is 5.20. The number of halogens is 1. The van der Waals surface area contributed by atoms with Crippen molar-refractivity contribution < 1.29 is 5.11 Å². The van der Waals surface area contributed by atoms with Crippen LogP contribution >= 0.6 is 17.0 Å². The lowest BCUT2D eigenvalue weighted by molar-refractivity contribution is 0.399. The van der Waals surface area contributed by atoms with Crippen LogP contribution in [0.5, 0.6) is 0 Å². The van der Waals surface area contributed by atoms with Crippen molar-refractivity contribution in [3.8, 4) is 0 Å². The second-order valence-electron chi connectivity index (χ2n) is 1.68. The van der Waals surface area contributed by atoms with Crippen molar-refractivity contribution >= 4 is 47.5 Å². The van der Waals surface area contributed by atoms with E-state index in [1.807, 2.05) is 0 Å². The third kappa shape index (κ3) is 26.1. The lowest BCUT2D eigenvalue weighted by atomic mass is 11.8. The summed E-state index contributed by atoms with van der Waals surface area (Å²) in [6.45, 7) is 4.74. The molecule has 0 fully saturated rings. The first-order valence-corrected chi connectivity index (χ1v) is 6.64. The molecule has 47 valence electrons. The van der Waals surface area contributed by atoms with Gasteiger partial charge in [0.15, 0.2) is 0 Å². The molecule has 1 N–H and O–H groups in total. The van der Waals surface area contributed by atoms with E-state index < -0.39 is 0 Å². The summed E-state index contributed by atoms with van der Waals surface area (Å²) in [5.41, 5.74) is 0. The van der Waals surface area contributed by atoms with Crippen LogP contribution in [-0.4, -0.2) is 42.7 Å². The summed E-state index contributed by atoms with van der Waals surface area (Å²) in [5.74, 6) is 0. The van der Waals surface area contributed by atoms with Crippen molar-refractivity contribution in [2.24, 2.45) is 0 Å². The fourth-order valence-corrected chi connectivity index (χ4v) is 0. The van der Waals surface area contributed by atoms with E-state index in [2.05, 4.69) is 34.8 Å². The lowest BCUT2D eigenvalue weighted by Crippen LogP contribution is -1.95. The molecule has 0 heterocycles. The maximum atomic E-state index is 7.00. The first-order chi connectivity index (χ1) is 3.27. The van der Waals surface area contributed by atoms with Crippen LogP contribution < -0.4 is 0 Å². The summed E-state index contributed by atoms with van der Waals surface area (Å²) < 4.78 is 1.47. The molecule has 0 saturated carbocycles. The Morgan fingerprint density at radius 1 is 1.38 bits per heavy atom. The summed E-state index contributed by atoms with van der Waals surface area (Å²) in [6, 6.07) is 0. The Labute approximate surface area is 76.7 Å². The molecule has 0 aliphatic rings. The maximum absolute atomic E-state index is 7.00. The molecular weight excluding hydrogens is 196 g/mol. The number of hydrogen-bond acceptors (Lipinski definition) is 1. The second-order valence-corrected chi connectivity index (χ2v) is 6.78. The molecule has 0 atom stereocenters. The van der Waals surface area contributed by atoms with E-state index in [1.165, 1.54) is 4.17 Å². The predicted octanol–water partition coefficient (Wildman–Crippen LogP) is 0.785. The Balaban J connectivity index is -0.0000000750. The minimum Gasteiger partial charge on any atom is -0.400 e. The summed E-state index contributed by atoms with van der Waals surface area (Å²) in [6.07, 6.45) is 0. The smallest absolute Gasteiger partial charge is 0.400 e. The molecule has 4 heteroatoms. The van der Waals surface area contributed by atoms with E-state index >= 15 is 0 Å². The molecule has 0 spiro atoms. The minimum absolute atomic E-state index is 0. The molecule has 0 aliphatic carbocycles. The van der Waals surface area contributed by atoms with Gasteiger partial charge >= 0.3 is 21.7 Å². The van der Waals surface area contributed by atoms with Crippen LogP contribution in [0.25, 0.3) is 0 Å². The Kier molecular flexibility index (Phi) is 32.0. The molecule has 7 radical (unpaired) electrons. The molecule has 0 unspecified atom stereocenters. The topological polar surface area (TPSA) is 20.2 Å². The zero-order valence-corrected chi connectivity index (χ0v) is 10.1. The molecule has 0 aromatic heterocycles. The van der Waals surface area contributed by atoms with E-state index in [0.717, 1.165) is 7.11 Å². The SMILES string of the molecule is Br.CO.C[SiH](C)[CH2][Mg+2]. The highest BCUT2D eigenvalue weighted by Gasteiger charge is 2.24. The lowest BCUT2D eigenvalue weighted by Gasteiger charge is -1.71. The molecule has 0 aliphatic heterocycles. The molecule has 0 aromatic rings. The average molecular weight is 210 g/mol. The molecule has 0 rings (SSSR count). The minimum atomic E-state index is -0.137. The quantitative estimate of drug-likeness (QED) is 0.635. The summed E-state index contributed by atoms with van der Waals surface area (Å²) in [5, 5.41) is 7.00. The van der Waals surface area contributed by atoms with Gasteiger partial charge in [-0.1, -0.05) is 13.1 Å². The molecule has 0 bridgehead atoms. The van der Waals surface area contributed by atoms with Gasteiger partial charge in [0, 0.05) is 7.11 Å². The van der Waals surface area contributed by atoms with Crippen LogP contribution in [0, 0.1) is 0 Å². The zero-order valence-electron chi connectivity index (χ0n) is 5.85. The average Bonchev–Trinajstić information content (AvgIpc) is 1.73. The molecule has 1 nitrogen and oxygen atoms in total. The van der Waals surface area contributed by atoms with E-state index in [0.29, 0.717) is 0 Å². The van der Waals surface area contributed by atoms with Gasteiger partial charge < -0.3 is 5.11 Å². The van der Waals surface area contributed by atoms with E-state index in [1.54, 1.807) is 0 Å². The number of hydrogen-bond donors (Lipinski definition) is 1. The standard InChI is InChI=1S/C3H9Si.CH4O.BrH.Mg/c1-4(2)3;1-2;;/h4H,1H2,2-3H3;2H,1H3;1H;/q;;;+2. The highest BCUT2D eigenvalue weighted by Crippen LogP contribution is 1.79. The van der Waals surface area contributed by atoms with Gasteiger partial charge in [-0.05, 0) is 0 Å². The van der Waals surface area contributed by atoms with Gasteiger partial charge in [0.25, 0.3) is 0 Å². The van der Waals surface area contributed by atoms with E-state index in [-0.39, 0.29) is 25.8 Å². The van der Waals surface area contributed by atoms with E-state index in [4.69, 9.17) is 5.11 Å². The second kappa shape index (κ2) is 15.8. The van der Waals surface area contributed by atoms with Crippen LogP contribution in [0.4, 0.5) is 0 Å². The third-order valence-electron chi connectivity index (χ3n) is 0.577. The van der Waals surface area contributed by atoms with Gasteiger partial charge in [-0.15, -0.1) is 17.0 Å².